The number of benzene rings is 2. The fraction of sp³-hybridized carbons (Fsp3) is 0.455. The molecule has 7 nitrogen and oxygen atoms in total. The van der Waals surface area contributed by atoms with Gasteiger partial charge in [0.2, 0.25) is 0 Å². The van der Waals surface area contributed by atoms with Gasteiger partial charge in [-0.05, 0) is 51.0 Å². The third-order valence-corrected chi connectivity index (χ3v) is 8.63. The van der Waals surface area contributed by atoms with Crippen molar-refractivity contribution >= 4 is 20.2 Å². The third-order valence-electron chi connectivity index (χ3n) is 6.04. The predicted octanol–water partition coefficient (Wildman–Crippen LogP) is 3.21. The maximum atomic E-state index is 12.6. The first-order chi connectivity index (χ1) is 14.7. The number of aryl methyl sites for hydroxylation is 2. The molecule has 0 spiro atoms. The van der Waals surface area contributed by atoms with Crippen LogP contribution in [0, 0.1) is 25.7 Å². The molecule has 2 aliphatic rings. The van der Waals surface area contributed by atoms with Crippen LogP contribution in [0.1, 0.15) is 24.0 Å². The van der Waals surface area contributed by atoms with E-state index in [4.69, 9.17) is 13.1 Å². The molecule has 0 radical (unpaired) electrons. The maximum absolute atomic E-state index is 12.6. The summed E-state index contributed by atoms with van der Waals surface area (Å²) in [6, 6.07) is 12.9. The zero-order valence-electron chi connectivity index (χ0n) is 17.4. The minimum atomic E-state index is -3.91. The molecule has 0 N–H and O–H groups in total. The van der Waals surface area contributed by atoms with Gasteiger partial charge in [0.25, 0.3) is 20.2 Å². The van der Waals surface area contributed by atoms with Crippen molar-refractivity contribution in [2.75, 3.05) is 13.2 Å². The van der Waals surface area contributed by atoms with Crippen molar-refractivity contribution in [3.8, 4) is 0 Å². The van der Waals surface area contributed by atoms with E-state index in [1.165, 1.54) is 24.3 Å². The molecule has 2 aromatic carbocycles. The standard InChI is InChI=1S/C22H26O7S2/c1-15-3-7-17(8-4-15)30(23,24)27-13-19-20(22-12-11-21(19)29-22)14-28-31(25,26)18-9-5-16(2)6-10-18/h3-10,19-22H,11-14H2,1-2H3. The van der Waals surface area contributed by atoms with Crippen LogP contribution in [0.3, 0.4) is 0 Å². The van der Waals surface area contributed by atoms with Crippen molar-refractivity contribution in [3.05, 3.63) is 59.7 Å². The van der Waals surface area contributed by atoms with Crippen molar-refractivity contribution in [1.29, 1.82) is 0 Å². The lowest BCUT2D eigenvalue weighted by Crippen LogP contribution is -2.35. The van der Waals surface area contributed by atoms with Crippen molar-refractivity contribution < 1.29 is 29.9 Å². The Morgan fingerprint density at radius 3 is 1.42 bits per heavy atom. The highest BCUT2D eigenvalue weighted by molar-refractivity contribution is 7.87. The SMILES string of the molecule is Cc1ccc(S(=O)(=O)OCC2C3CCC(O3)C2COS(=O)(=O)c2ccc(C)cc2)cc1. The quantitative estimate of drug-likeness (QED) is 0.551. The Labute approximate surface area is 183 Å². The lowest BCUT2D eigenvalue weighted by molar-refractivity contribution is 0.0791. The van der Waals surface area contributed by atoms with Crippen LogP contribution in [0.5, 0.6) is 0 Å². The molecule has 2 heterocycles. The predicted molar refractivity (Wildman–Crippen MR) is 114 cm³/mol. The Bertz CT molecular complexity index is 1030. The molecule has 4 unspecified atom stereocenters. The van der Waals surface area contributed by atoms with Crippen LogP contribution in [0.2, 0.25) is 0 Å². The van der Waals surface area contributed by atoms with E-state index in [1.807, 2.05) is 13.8 Å². The minimum Gasteiger partial charge on any atom is -0.374 e. The summed E-state index contributed by atoms with van der Waals surface area (Å²) in [5, 5.41) is 0. The number of hydrogen-bond acceptors (Lipinski definition) is 7. The highest BCUT2D eigenvalue weighted by Crippen LogP contribution is 2.44. The molecular formula is C22H26O7S2. The van der Waals surface area contributed by atoms with E-state index in [0.717, 1.165) is 24.0 Å². The molecule has 2 bridgehead atoms. The summed E-state index contributed by atoms with van der Waals surface area (Å²) in [7, 11) is -7.82. The zero-order chi connectivity index (χ0) is 22.2. The molecule has 0 aliphatic carbocycles. The second-order valence-corrected chi connectivity index (χ2v) is 11.5. The number of rotatable bonds is 8. The van der Waals surface area contributed by atoms with Gasteiger partial charge < -0.3 is 4.74 Å². The van der Waals surface area contributed by atoms with E-state index in [-0.39, 0.29) is 47.0 Å². The topological polar surface area (TPSA) is 96.0 Å². The monoisotopic (exact) mass is 466 g/mol. The smallest absolute Gasteiger partial charge is 0.296 e. The summed E-state index contributed by atoms with van der Waals surface area (Å²) in [4.78, 5) is 0.189. The summed E-state index contributed by atoms with van der Waals surface area (Å²) in [5.74, 6) is -0.514. The highest BCUT2D eigenvalue weighted by Gasteiger charge is 2.50. The summed E-state index contributed by atoms with van der Waals surface area (Å²) in [5.41, 5.74) is 1.90. The van der Waals surface area contributed by atoms with Crippen LogP contribution in [-0.4, -0.2) is 42.3 Å². The third kappa shape index (κ3) is 4.85. The Hall–Kier alpha value is -1.78. The van der Waals surface area contributed by atoms with E-state index >= 15 is 0 Å². The average molecular weight is 467 g/mol. The largest absolute Gasteiger partial charge is 0.374 e. The molecule has 9 heteroatoms. The Kier molecular flexibility index (Phi) is 6.24. The molecule has 2 fully saturated rings. The van der Waals surface area contributed by atoms with E-state index in [1.54, 1.807) is 24.3 Å². The van der Waals surface area contributed by atoms with Gasteiger partial charge in [0.15, 0.2) is 0 Å². The van der Waals surface area contributed by atoms with Crippen molar-refractivity contribution in [1.82, 2.24) is 0 Å². The molecule has 0 aromatic heterocycles. The normalized spacial score (nSPS) is 25.7. The van der Waals surface area contributed by atoms with Gasteiger partial charge in [0.05, 0.1) is 35.2 Å². The van der Waals surface area contributed by atoms with Crippen LogP contribution >= 0.6 is 0 Å². The molecule has 4 atom stereocenters. The molecule has 4 rings (SSSR count). The minimum absolute atomic E-state index is 0.0734. The van der Waals surface area contributed by atoms with Crippen LogP contribution in [-0.2, 0) is 33.3 Å². The van der Waals surface area contributed by atoms with Gasteiger partial charge in [-0.3, -0.25) is 8.37 Å². The van der Waals surface area contributed by atoms with Gasteiger partial charge in [-0.2, -0.15) is 16.8 Å². The molecule has 0 saturated carbocycles. The van der Waals surface area contributed by atoms with Crippen LogP contribution < -0.4 is 0 Å². The Morgan fingerprint density at radius 1 is 0.710 bits per heavy atom. The van der Waals surface area contributed by atoms with E-state index < -0.39 is 20.2 Å². The van der Waals surface area contributed by atoms with E-state index in [9.17, 15) is 16.8 Å². The summed E-state index contributed by atoms with van der Waals surface area (Å²) < 4.78 is 66.8. The van der Waals surface area contributed by atoms with Gasteiger partial charge in [-0.25, -0.2) is 0 Å². The van der Waals surface area contributed by atoms with Crippen LogP contribution in [0.4, 0.5) is 0 Å². The van der Waals surface area contributed by atoms with Gasteiger partial charge >= 0.3 is 0 Å². The van der Waals surface area contributed by atoms with Crippen molar-refractivity contribution in [2.45, 2.75) is 48.7 Å². The molecule has 168 valence electrons. The fourth-order valence-corrected chi connectivity index (χ4v) is 6.10. The second-order valence-electron chi connectivity index (χ2n) is 8.22. The van der Waals surface area contributed by atoms with Gasteiger partial charge in [0.1, 0.15) is 0 Å². The highest BCUT2D eigenvalue weighted by atomic mass is 32.2. The first kappa shape index (κ1) is 22.4. The molecule has 31 heavy (non-hydrogen) atoms. The molecule has 2 aromatic rings. The van der Waals surface area contributed by atoms with Crippen LogP contribution in [0.25, 0.3) is 0 Å². The molecular weight excluding hydrogens is 440 g/mol. The van der Waals surface area contributed by atoms with E-state index in [0.29, 0.717) is 0 Å². The zero-order valence-corrected chi connectivity index (χ0v) is 19.1. The molecule has 2 aliphatic heterocycles. The number of hydrogen-bond donors (Lipinski definition) is 0. The Balaban J connectivity index is 1.43. The fourth-order valence-electron chi connectivity index (χ4n) is 4.21. The number of ether oxygens (including phenoxy) is 1. The molecule has 0 amide bonds. The lowest BCUT2D eigenvalue weighted by atomic mass is 9.80. The van der Waals surface area contributed by atoms with Gasteiger partial charge in [-0.1, -0.05) is 35.4 Å². The summed E-state index contributed by atoms with van der Waals surface area (Å²) in [6.45, 7) is 3.60. The van der Waals surface area contributed by atoms with Gasteiger partial charge in [0, 0.05) is 11.8 Å². The van der Waals surface area contributed by atoms with Gasteiger partial charge in [-0.15, -0.1) is 0 Å². The van der Waals surface area contributed by atoms with Crippen molar-refractivity contribution in [2.24, 2.45) is 11.8 Å². The van der Waals surface area contributed by atoms with Crippen LogP contribution in [0.15, 0.2) is 58.3 Å². The summed E-state index contributed by atoms with van der Waals surface area (Å²) >= 11 is 0. The first-order valence-corrected chi connectivity index (χ1v) is 13.0. The first-order valence-electron chi connectivity index (χ1n) is 10.2. The maximum Gasteiger partial charge on any atom is 0.296 e. The number of fused-ring (bicyclic) bond motifs is 2. The lowest BCUT2D eigenvalue weighted by Gasteiger charge is -2.27. The Morgan fingerprint density at radius 2 is 1.06 bits per heavy atom. The molecule has 2 saturated heterocycles. The van der Waals surface area contributed by atoms with E-state index in [2.05, 4.69) is 0 Å². The van der Waals surface area contributed by atoms with Crippen molar-refractivity contribution in [3.63, 3.8) is 0 Å². The average Bonchev–Trinajstić information content (AvgIpc) is 3.33. The second kappa shape index (κ2) is 8.63. The summed E-state index contributed by atoms with van der Waals surface area (Å²) in [6.07, 6.45) is 1.28.